The Hall–Kier alpha value is -2.33. The van der Waals surface area contributed by atoms with Crippen molar-refractivity contribution in [1.29, 1.82) is 0 Å². The molecule has 10 heteroatoms. The molecule has 0 aromatic heterocycles. The summed E-state index contributed by atoms with van der Waals surface area (Å²) in [5, 5.41) is 0. The van der Waals surface area contributed by atoms with E-state index in [1.165, 1.54) is 4.90 Å². The van der Waals surface area contributed by atoms with Crippen molar-refractivity contribution in [2.75, 3.05) is 6.54 Å². The summed E-state index contributed by atoms with van der Waals surface area (Å²) >= 11 is 0. The molecule has 0 saturated carbocycles. The number of sulfonamides is 1. The Labute approximate surface area is 163 Å². The number of hydrogen-bond donors (Lipinski definition) is 2. The smallest absolute Gasteiger partial charge is 0.291 e. The van der Waals surface area contributed by atoms with Crippen molar-refractivity contribution >= 4 is 27.6 Å². The Kier molecular flexibility index (Phi) is 6.56. The van der Waals surface area contributed by atoms with E-state index in [9.17, 15) is 27.2 Å². The molecule has 0 radical (unpaired) electrons. The van der Waals surface area contributed by atoms with Crippen molar-refractivity contribution < 1.29 is 27.2 Å². The highest BCUT2D eigenvalue weighted by atomic mass is 32.2. The van der Waals surface area contributed by atoms with Gasteiger partial charge in [0.15, 0.2) is 0 Å². The predicted molar refractivity (Wildman–Crippen MR) is 98.7 cm³/mol. The fourth-order valence-corrected chi connectivity index (χ4v) is 3.58. The number of hydrazine groups is 1. The van der Waals surface area contributed by atoms with Crippen LogP contribution in [0.3, 0.4) is 0 Å². The third-order valence-corrected chi connectivity index (χ3v) is 6.21. The third kappa shape index (κ3) is 4.74. The summed E-state index contributed by atoms with van der Waals surface area (Å²) < 4.78 is 37.3. The van der Waals surface area contributed by atoms with Crippen molar-refractivity contribution in [1.82, 2.24) is 15.2 Å². The lowest BCUT2D eigenvalue weighted by Crippen LogP contribution is -2.53. The Bertz CT molecular complexity index is 868. The van der Waals surface area contributed by atoms with Gasteiger partial charge in [0.1, 0.15) is 11.9 Å². The number of hydrogen-bond acceptors (Lipinski definition) is 5. The molecule has 0 aliphatic carbocycles. The Morgan fingerprint density at radius 3 is 2.39 bits per heavy atom. The Morgan fingerprint density at radius 1 is 1.21 bits per heavy atom. The molecule has 2 rings (SSSR count). The number of nitrogens with one attached hydrogen (secondary N) is 2. The molecule has 1 atom stereocenters. The highest BCUT2D eigenvalue weighted by molar-refractivity contribution is 7.89. The van der Waals surface area contributed by atoms with E-state index in [1.54, 1.807) is 20.8 Å². The number of ketones is 1. The fraction of sp³-hybridized carbons (Fsp3) is 0.500. The monoisotopic (exact) mass is 413 g/mol. The van der Waals surface area contributed by atoms with Gasteiger partial charge in [-0.3, -0.25) is 19.8 Å². The molecule has 154 valence electrons. The molecule has 0 bridgehead atoms. The van der Waals surface area contributed by atoms with Crippen LogP contribution in [0.25, 0.3) is 0 Å². The zero-order valence-electron chi connectivity index (χ0n) is 16.0. The summed E-state index contributed by atoms with van der Waals surface area (Å²) in [7, 11) is -4.10. The molecule has 0 unspecified atom stereocenters. The number of Topliss-reactive ketones (excluding diaryl/α,β-unsaturated/α-hetero) is 1. The molecule has 1 aliphatic rings. The summed E-state index contributed by atoms with van der Waals surface area (Å²) in [5.74, 6) is -2.66. The second-order valence-corrected chi connectivity index (χ2v) is 8.95. The van der Waals surface area contributed by atoms with Crippen LogP contribution in [-0.4, -0.2) is 43.5 Å². The average Bonchev–Trinajstić information content (AvgIpc) is 3.15. The van der Waals surface area contributed by atoms with Gasteiger partial charge in [-0.05, 0) is 43.5 Å². The topological polar surface area (TPSA) is 113 Å². The van der Waals surface area contributed by atoms with Gasteiger partial charge in [-0.15, -0.1) is 4.83 Å². The van der Waals surface area contributed by atoms with Crippen LogP contribution in [0.1, 0.15) is 40.0 Å². The standard InChI is InChI=1S/C18H24FN3O5S/c1-4-18(2,3)15(23)17(25)22-11-5-6-14(22)16(24)20-21-28(26,27)13-9-7-12(19)8-10-13/h7-10,14,21H,4-6,11H2,1-3H3,(H,20,24)/t14-/m0/s1. The van der Waals surface area contributed by atoms with Gasteiger partial charge < -0.3 is 4.90 Å². The number of rotatable bonds is 7. The van der Waals surface area contributed by atoms with E-state index in [1.807, 2.05) is 4.83 Å². The SMILES string of the molecule is CCC(C)(C)C(=O)C(=O)N1CCC[C@H]1C(=O)NNS(=O)(=O)c1ccc(F)cc1. The molecular weight excluding hydrogens is 389 g/mol. The van der Waals surface area contributed by atoms with Crippen molar-refractivity contribution in [3.63, 3.8) is 0 Å². The Balaban J connectivity index is 2.06. The summed E-state index contributed by atoms with van der Waals surface area (Å²) in [6, 6.07) is 3.13. The minimum atomic E-state index is -4.10. The van der Waals surface area contributed by atoms with E-state index in [0.717, 1.165) is 24.3 Å². The molecule has 1 saturated heterocycles. The molecule has 1 fully saturated rings. The second-order valence-electron chi connectivity index (χ2n) is 7.27. The van der Waals surface area contributed by atoms with Crippen molar-refractivity contribution in [2.45, 2.75) is 51.0 Å². The minimum Gasteiger partial charge on any atom is -0.324 e. The van der Waals surface area contributed by atoms with Gasteiger partial charge in [-0.2, -0.15) is 0 Å². The summed E-state index contributed by atoms with van der Waals surface area (Å²) in [6.45, 7) is 5.36. The molecule has 1 heterocycles. The largest absolute Gasteiger partial charge is 0.324 e. The molecule has 28 heavy (non-hydrogen) atoms. The number of nitrogens with zero attached hydrogens (tertiary/aromatic N) is 1. The zero-order valence-corrected chi connectivity index (χ0v) is 16.8. The van der Waals surface area contributed by atoms with Gasteiger partial charge in [0.05, 0.1) is 4.90 Å². The van der Waals surface area contributed by atoms with Crippen molar-refractivity contribution in [3.8, 4) is 0 Å². The maximum Gasteiger partial charge on any atom is 0.291 e. The number of amides is 2. The molecule has 2 N–H and O–H groups in total. The minimum absolute atomic E-state index is 0.228. The first-order valence-corrected chi connectivity index (χ1v) is 10.4. The van der Waals surface area contributed by atoms with E-state index >= 15 is 0 Å². The highest BCUT2D eigenvalue weighted by Crippen LogP contribution is 2.25. The molecule has 8 nitrogen and oxygen atoms in total. The Morgan fingerprint density at radius 2 is 1.82 bits per heavy atom. The first kappa shape index (κ1) is 22.0. The van der Waals surface area contributed by atoms with Crippen LogP contribution in [0.15, 0.2) is 29.2 Å². The zero-order chi connectivity index (χ0) is 21.1. The predicted octanol–water partition coefficient (Wildman–Crippen LogP) is 1.13. The van der Waals surface area contributed by atoms with Crippen LogP contribution in [0, 0.1) is 11.2 Å². The van der Waals surface area contributed by atoms with Crippen molar-refractivity contribution in [3.05, 3.63) is 30.1 Å². The van der Waals surface area contributed by atoms with Crippen molar-refractivity contribution in [2.24, 2.45) is 5.41 Å². The first-order valence-electron chi connectivity index (χ1n) is 8.92. The average molecular weight is 413 g/mol. The summed E-state index contributed by atoms with van der Waals surface area (Å²) in [4.78, 5) is 40.3. The summed E-state index contributed by atoms with van der Waals surface area (Å²) in [5.41, 5.74) is 1.24. The maximum atomic E-state index is 12.9. The van der Waals surface area contributed by atoms with E-state index in [-0.39, 0.29) is 11.4 Å². The van der Waals surface area contributed by atoms with Gasteiger partial charge in [-0.1, -0.05) is 20.8 Å². The highest BCUT2D eigenvalue weighted by Gasteiger charge is 2.41. The number of carbonyl (C=O) groups is 3. The fourth-order valence-electron chi connectivity index (χ4n) is 2.74. The van der Waals surface area contributed by atoms with Crippen LogP contribution in [0.4, 0.5) is 4.39 Å². The molecule has 1 aliphatic heterocycles. The number of benzene rings is 1. The van der Waals surface area contributed by atoms with Crippen LogP contribution in [0.2, 0.25) is 0 Å². The van der Waals surface area contributed by atoms with Gasteiger partial charge in [0, 0.05) is 12.0 Å². The van der Waals surface area contributed by atoms with Gasteiger partial charge in [0.25, 0.3) is 21.8 Å². The van der Waals surface area contributed by atoms with Crippen LogP contribution in [0.5, 0.6) is 0 Å². The number of likely N-dealkylation sites (tertiary alicyclic amines) is 1. The molecule has 0 spiro atoms. The summed E-state index contributed by atoms with van der Waals surface area (Å²) in [6.07, 6.45) is 1.31. The number of halogens is 1. The normalized spacial score (nSPS) is 17.4. The molecular formula is C18H24FN3O5S. The van der Waals surface area contributed by atoms with Gasteiger partial charge >= 0.3 is 0 Å². The quantitative estimate of drug-likeness (QED) is 0.514. The molecule has 1 aromatic rings. The first-order chi connectivity index (χ1) is 13.0. The van der Waals surface area contributed by atoms with Gasteiger partial charge in [-0.25, -0.2) is 12.8 Å². The lowest BCUT2D eigenvalue weighted by atomic mass is 9.84. The van der Waals surface area contributed by atoms with E-state index in [0.29, 0.717) is 19.3 Å². The number of carbonyl (C=O) groups excluding carboxylic acids is 3. The second kappa shape index (κ2) is 8.36. The lowest BCUT2D eigenvalue weighted by Gasteiger charge is -2.27. The van der Waals surface area contributed by atoms with E-state index < -0.39 is 44.9 Å². The van der Waals surface area contributed by atoms with E-state index in [4.69, 9.17) is 0 Å². The maximum absolute atomic E-state index is 12.9. The van der Waals surface area contributed by atoms with Gasteiger partial charge in [0.2, 0.25) is 5.78 Å². The molecule has 1 aromatic carbocycles. The van der Waals surface area contributed by atoms with Crippen LogP contribution >= 0.6 is 0 Å². The molecule has 2 amide bonds. The van der Waals surface area contributed by atoms with E-state index in [2.05, 4.69) is 5.43 Å². The third-order valence-electron chi connectivity index (χ3n) is 4.94. The lowest BCUT2D eigenvalue weighted by molar-refractivity contribution is -0.151. The van der Waals surface area contributed by atoms with Crippen LogP contribution < -0.4 is 10.3 Å². The van der Waals surface area contributed by atoms with Crippen LogP contribution in [-0.2, 0) is 24.4 Å².